The van der Waals surface area contributed by atoms with Crippen LogP contribution in [0.3, 0.4) is 0 Å². The monoisotopic (exact) mass is 302 g/mol. The number of hydrogen-bond donors (Lipinski definition) is 1. The Hall–Kier alpha value is -2.37. The molecule has 2 amide bonds. The lowest BCUT2D eigenvalue weighted by molar-refractivity contribution is 0.207. The summed E-state index contributed by atoms with van der Waals surface area (Å²) in [5.41, 5.74) is 1.08. The smallest absolute Gasteiger partial charge is 0.317 e. The minimum Gasteiger partial charge on any atom is -0.337 e. The highest BCUT2D eigenvalue weighted by Crippen LogP contribution is 2.27. The first-order valence-electron chi connectivity index (χ1n) is 7.38. The Morgan fingerprint density at radius 3 is 2.86 bits per heavy atom. The van der Waals surface area contributed by atoms with Crippen LogP contribution in [0, 0.1) is 5.82 Å². The lowest BCUT2D eigenvalue weighted by Crippen LogP contribution is -2.38. The zero-order valence-electron chi connectivity index (χ0n) is 12.5. The molecule has 22 heavy (non-hydrogen) atoms. The normalized spacial score (nSPS) is 17.7. The van der Waals surface area contributed by atoms with Gasteiger partial charge in [0.1, 0.15) is 11.6 Å². The minimum absolute atomic E-state index is 0.0763. The summed E-state index contributed by atoms with van der Waals surface area (Å²) in [4.78, 5) is 18.2. The first-order valence-corrected chi connectivity index (χ1v) is 7.38. The van der Waals surface area contributed by atoms with Crippen LogP contribution in [0.1, 0.15) is 23.7 Å². The standard InChI is InChI=1S/C16H19FN4O/c1-20-9-7-18-15(20)10-19-16(22)21-8-6-13(11-21)12-2-4-14(17)5-3-12/h2-5,7,9,13H,6,8,10-11H2,1H3,(H,19,22). The van der Waals surface area contributed by atoms with Gasteiger partial charge in [0.05, 0.1) is 6.54 Å². The molecule has 0 aliphatic carbocycles. The Kier molecular flexibility index (Phi) is 4.09. The highest BCUT2D eigenvalue weighted by Gasteiger charge is 2.27. The number of nitrogens with one attached hydrogen (secondary N) is 1. The molecule has 0 saturated carbocycles. The van der Waals surface area contributed by atoms with Crippen LogP contribution < -0.4 is 5.32 Å². The average molecular weight is 302 g/mol. The number of urea groups is 1. The van der Waals surface area contributed by atoms with E-state index in [4.69, 9.17) is 0 Å². The van der Waals surface area contributed by atoms with Crippen molar-refractivity contribution < 1.29 is 9.18 Å². The number of carbonyl (C=O) groups excluding carboxylic acids is 1. The number of halogens is 1. The summed E-state index contributed by atoms with van der Waals surface area (Å²) in [6.07, 6.45) is 4.46. The summed E-state index contributed by atoms with van der Waals surface area (Å²) in [5, 5.41) is 2.89. The summed E-state index contributed by atoms with van der Waals surface area (Å²) in [5.74, 6) is 0.869. The van der Waals surface area contributed by atoms with Crippen LogP contribution in [0.15, 0.2) is 36.7 Å². The highest BCUT2D eigenvalue weighted by atomic mass is 19.1. The average Bonchev–Trinajstić information content (AvgIpc) is 3.15. The fourth-order valence-electron chi connectivity index (χ4n) is 2.79. The summed E-state index contributed by atoms with van der Waals surface area (Å²) in [6, 6.07) is 6.47. The van der Waals surface area contributed by atoms with Gasteiger partial charge in [0, 0.05) is 38.4 Å². The van der Waals surface area contributed by atoms with Gasteiger partial charge in [-0.1, -0.05) is 12.1 Å². The third kappa shape index (κ3) is 3.10. The molecule has 1 fully saturated rings. The fraction of sp³-hybridized carbons (Fsp3) is 0.375. The second kappa shape index (κ2) is 6.17. The quantitative estimate of drug-likeness (QED) is 0.945. The molecule has 5 nitrogen and oxygen atoms in total. The van der Waals surface area contributed by atoms with Gasteiger partial charge >= 0.3 is 6.03 Å². The molecule has 3 rings (SSSR count). The molecule has 6 heteroatoms. The third-order valence-electron chi connectivity index (χ3n) is 4.14. The lowest BCUT2D eigenvalue weighted by atomic mass is 9.99. The van der Waals surface area contributed by atoms with Crippen molar-refractivity contribution in [2.75, 3.05) is 13.1 Å². The molecule has 0 spiro atoms. The molecule has 1 aromatic heterocycles. The van der Waals surface area contributed by atoms with E-state index in [1.54, 1.807) is 23.2 Å². The van der Waals surface area contributed by atoms with E-state index in [0.29, 0.717) is 19.6 Å². The van der Waals surface area contributed by atoms with E-state index < -0.39 is 0 Å². The number of nitrogens with zero attached hydrogens (tertiary/aromatic N) is 3. The molecule has 2 heterocycles. The number of aromatic nitrogens is 2. The predicted octanol–water partition coefficient (Wildman–Crippen LogP) is 2.26. The van der Waals surface area contributed by atoms with E-state index in [9.17, 15) is 9.18 Å². The number of likely N-dealkylation sites (tertiary alicyclic amines) is 1. The molecule has 1 unspecified atom stereocenters. The van der Waals surface area contributed by atoms with Crippen molar-refractivity contribution in [1.29, 1.82) is 0 Å². The number of amides is 2. The number of benzene rings is 1. The van der Waals surface area contributed by atoms with Crippen LogP contribution in [-0.2, 0) is 13.6 Å². The van der Waals surface area contributed by atoms with Gasteiger partial charge in [0.2, 0.25) is 0 Å². The molecule has 1 atom stereocenters. The third-order valence-corrected chi connectivity index (χ3v) is 4.14. The van der Waals surface area contributed by atoms with E-state index in [-0.39, 0.29) is 17.8 Å². The highest BCUT2D eigenvalue weighted by molar-refractivity contribution is 5.74. The Balaban J connectivity index is 1.54. The first kappa shape index (κ1) is 14.6. The molecule has 1 aromatic carbocycles. The minimum atomic E-state index is -0.230. The van der Waals surface area contributed by atoms with Crippen molar-refractivity contribution in [2.45, 2.75) is 18.9 Å². The molecule has 1 aliphatic rings. The second-order valence-electron chi connectivity index (χ2n) is 5.60. The summed E-state index contributed by atoms with van der Waals surface area (Å²) < 4.78 is 14.8. The Bertz CT molecular complexity index is 652. The Morgan fingerprint density at radius 2 is 2.18 bits per heavy atom. The van der Waals surface area contributed by atoms with E-state index in [1.165, 1.54) is 12.1 Å². The number of hydrogen-bond acceptors (Lipinski definition) is 2. The largest absolute Gasteiger partial charge is 0.337 e. The van der Waals surface area contributed by atoms with Crippen LogP contribution in [-0.4, -0.2) is 33.6 Å². The molecule has 2 aromatic rings. The molecule has 1 saturated heterocycles. The Labute approximate surface area is 128 Å². The maximum Gasteiger partial charge on any atom is 0.317 e. The number of imidazole rings is 1. The molecular weight excluding hydrogens is 283 g/mol. The van der Waals surface area contributed by atoms with Crippen LogP contribution in [0.25, 0.3) is 0 Å². The van der Waals surface area contributed by atoms with Gasteiger partial charge < -0.3 is 14.8 Å². The van der Waals surface area contributed by atoms with Crippen molar-refractivity contribution >= 4 is 6.03 Å². The van der Waals surface area contributed by atoms with Gasteiger partial charge in [-0.05, 0) is 24.1 Å². The number of aryl methyl sites for hydroxylation is 1. The van der Waals surface area contributed by atoms with Crippen LogP contribution in [0.5, 0.6) is 0 Å². The van der Waals surface area contributed by atoms with Gasteiger partial charge in [0.15, 0.2) is 0 Å². The van der Waals surface area contributed by atoms with Gasteiger partial charge in [-0.2, -0.15) is 0 Å². The van der Waals surface area contributed by atoms with Crippen molar-refractivity contribution in [3.8, 4) is 0 Å². The molecule has 0 bridgehead atoms. The SMILES string of the molecule is Cn1ccnc1CNC(=O)N1CCC(c2ccc(F)cc2)C1. The molecular formula is C16H19FN4O. The molecule has 0 radical (unpaired) electrons. The van der Waals surface area contributed by atoms with Gasteiger partial charge in [0.25, 0.3) is 0 Å². The number of carbonyl (C=O) groups is 1. The van der Waals surface area contributed by atoms with E-state index >= 15 is 0 Å². The lowest BCUT2D eigenvalue weighted by Gasteiger charge is -2.17. The predicted molar refractivity (Wildman–Crippen MR) is 80.8 cm³/mol. The maximum absolute atomic E-state index is 13.0. The maximum atomic E-state index is 13.0. The Morgan fingerprint density at radius 1 is 1.41 bits per heavy atom. The van der Waals surface area contributed by atoms with Gasteiger partial charge in [-0.15, -0.1) is 0 Å². The second-order valence-corrected chi connectivity index (χ2v) is 5.60. The van der Waals surface area contributed by atoms with Crippen molar-refractivity contribution in [3.05, 3.63) is 53.9 Å². The molecule has 1 N–H and O–H groups in total. The summed E-state index contributed by atoms with van der Waals surface area (Å²) >= 11 is 0. The zero-order chi connectivity index (χ0) is 15.5. The van der Waals surface area contributed by atoms with Crippen LogP contribution >= 0.6 is 0 Å². The van der Waals surface area contributed by atoms with E-state index in [2.05, 4.69) is 10.3 Å². The first-order chi connectivity index (χ1) is 10.6. The van der Waals surface area contributed by atoms with Gasteiger partial charge in [-0.25, -0.2) is 14.2 Å². The van der Waals surface area contributed by atoms with E-state index in [0.717, 1.165) is 17.8 Å². The van der Waals surface area contributed by atoms with Gasteiger partial charge in [-0.3, -0.25) is 0 Å². The summed E-state index contributed by atoms with van der Waals surface area (Å²) in [6.45, 7) is 1.80. The number of rotatable bonds is 3. The van der Waals surface area contributed by atoms with Crippen molar-refractivity contribution in [3.63, 3.8) is 0 Å². The molecule has 1 aliphatic heterocycles. The topological polar surface area (TPSA) is 50.2 Å². The van der Waals surface area contributed by atoms with Crippen molar-refractivity contribution in [2.24, 2.45) is 7.05 Å². The summed E-state index contributed by atoms with van der Waals surface area (Å²) in [7, 11) is 1.90. The van der Waals surface area contributed by atoms with Crippen LogP contribution in [0.4, 0.5) is 9.18 Å². The van der Waals surface area contributed by atoms with E-state index in [1.807, 2.05) is 17.8 Å². The fourth-order valence-corrected chi connectivity index (χ4v) is 2.79. The molecule has 116 valence electrons. The van der Waals surface area contributed by atoms with Crippen LogP contribution in [0.2, 0.25) is 0 Å². The van der Waals surface area contributed by atoms with Crippen molar-refractivity contribution in [1.82, 2.24) is 19.8 Å². The zero-order valence-corrected chi connectivity index (χ0v) is 12.5.